The zero-order valence-electron chi connectivity index (χ0n) is 17.0. The molecule has 0 spiro atoms. The fourth-order valence-corrected chi connectivity index (χ4v) is 2.55. The number of rotatable bonds is 8. The standard InChI is InChI=1S/C23H16N4O6/c24-13-18-3-1-2-4-21(18)32-15-22(28)26-25-14-16-5-11-20(12-6-16)33-23(29)17-7-9-19(10-8-17)27(30)31/h1-12,14H,15H2,(H,26,28)/b25-14-. The smallest absolute Gasteiger partial charge is 0.343 e. The fourth-order valence-electron chi connectivity index (χ4n) is 2.55. The number of benzene rings is 3. The van der Waals surface area contributed by atoms with Gasteiger partial charge in [-0.3, -0.25) is 14.9 Å². The second-order valence-electron chi connectivity index (χ2n) is 6.45. The monoisotopic (exact) mass is 444 g/mol. The number of nitro groups is 1. The fraction of sp³-hybridized carbons (Fsp3) is 0.0435. The maximum absolute atomic E-state index is 12.1. The van der Waals surface area contributed by atoms with Gasteiger partial charge < -0.3 is 9.47 Å². The maximum atomic E-state index is 12.1. The van der Waals surface area contributed by atoms with Gasteiger partial charge in [-0.05, 0) is 54.1 Å². The molecule has 10 nitrogen and oxygen atoms in total. The highest BCUT2D eigenvalue weighted by atomic mass is 16.6. The van der Waals surface area contributed by atoms with E-state index in [9.17, 15) is 19.7 Å². The lowest BCUT2D eigenvalue weighted by Crippen LogP contribution is -2.24. The zero-order valence-corrected chi connectivity index (χ0v) is 17.0. The molecule has 0 atom stereocenters. The van der Waals surface area contributed by atoms with E-state index in [1.165, 1.54) is 42.6 Å². The quantitative estimate of drug-likeness (QED) is 0.185. The van der Waals surface area contributed by atoms with Crippen molar-refractivity contribution < 1.29 is 24.0 Å². The van der Waals surface area contributed by atoms with Crippen LogP contribution in [0.4, 0.5) is 5.69 Å². The molecule has 1 N–H and O–H groups in total. The normalized spacial score (nSPS) is 10.3. The number of non-ortho nitro benzene ring substituents is 1. The number of hydrogen-bond acceptors (Lipinski definition) is 8. The maximum Gasteiger partial charge on any atom is 0.343 e. The Balaban J connectivity index is 1.48. The van der Waals surface area contributed by atoms with Crippen LogP contribution in [0.1, 0.15) is 21.5 Å². The van der Waals surface area contributed by atoms with Crippen molar-refractivity contribution in [3.63, 3.8) is 0 Å². The molecule has 0 aliphatic carbocycles. The summed E-state index contributed by atoms with van der Waals surface area (Å²) in [5.74, 6) is -0.591. The number of para-hydroxylation sites is 1. The van der Waals surface area contributed by atoms with Crippen LogP contribution >= 0.6 is 0 Å². The number of carbonyl (C=O) groups excluding carboxylic acids is 2. The van der Waals surface area contributed by atoms with Crippen LogP contribution in [0.15, 0.2) is 77.9 Å². The summed E-state index contributed by atoms with van der Waals surface area (Å²) in [4.78, 5) is 34.1. The van der Waals surface area contributed by atoms with Crippen molar-refractivity contribution in [2.75, 3.05) is 6.61 Å². The molecule has 0 radical (unpaired) electrons. The Morgan fingerprint density at radius 3 is 2.42 bits per heavy atom. The second-order valence-corrected chi connectivity index (χ2v) is 6.45. The molecule has 0 unspecified atom stereocenters. The highest BCUT2D eigenvalue weighted by Crippen LogP contribution is 2.17. The van der Waals surface area contributed by atoms with Crippen molar-refractivity contribution in [2.24, 2.45) is 5.10 Å². The summed E-state index contributed by atoms with van der Waals surface area (Å²) in [6.45, 7) is -0.312. The molecule has 3 rings (SSSR count). The van der Waals surface area contributed by atoms with Crippen LogP contribution in [-0.4, -0.2) is 29.6 Å². The first-order valence-corrected chi connectivity index (χ1v) is 9.47. The second kappa shape index (κ2) is 10.8. The lowest BCUT2D eigenvalue weighted by Gasteiger charge is -2.06. The van der Waals surface area contributed by atoms with E-state index in [1.54, 1.807) is 36.4 Å². The van der Waals surface area contributed by atoms with Gasteiger partial charge in [-0.25, -0.2) is 10.2 Å². The molecule has 0 fully saturated rings. The Kier molecular flexibility index (Phi) is 7.43. The van der Waals surface area contributed by atoms with E-state index in [0.717, 1.165) is 0 Å². The van der Waals surface area contributed by atoms with Crippen LogP contribution in [0.2, 0.25) is 0 Å². The van der Waals surface area contributed by atoms with E-state index in [0.29, 0.717) is 16.9 Å². The van der Waals surface area contributed by atoms with Crippen LogP contribution < -0.4 is 14.9 Å². The zero-order chi connectivity index (χ0) is 23.6. The number of amides is 1. The molecule has 164 valence electrons. The van der Waals surface area contributed by atoms with E-state index in [1.807, 2.05) is 6.07 Å². The molecule has 3 aromatic rings. The van der Waals surface area contributed by atoms with Gasteiger partial charge in [-0.1, -0.05) is 12.1 Å². The van der Waals surface area contributed by atoms with Crippen molar-refractivity contribution >= 4 is 23.8 Å². The molecular weight excluding hydrogens is 428 g/mol. The number of nitrogens with zero attached hydrogens (tertiary/aromatic N) is 3. The third-order valence-electron chi connectivity index (χ3n) is 4.17. The average Bonchev–Trinajstić information content (AvgIpc) is 2.84. The number of hydrazone groups is 1. The van der Waals surface area contributed by atoms with Crippen LogP contribution in [0, 0.1) is 21.4 Å². The van der Waals surface area contributed by atoms with Gasteiger partial charge in [0, 0.05) is 12.1 Å². The Morgan fingerprint density at radius 2 is 1.76 bits per heavy atom. The molecule has 0 aromatic heterocycles. The molecule has 3 aromatic carbocycles. The predicted octanol–water partition coefficient (Wildman–Crippen LogP) is 3.21. The van der Waals surface area contributed by atoms with Gasteiger partial charge >= 0.3 is 5.97 Å². The molecule has 33 heavy (non-hydrogen) atoms. The third-order valence-corrected chi connectivity index (χ3v) is 4.17. The molecule has 0 bridgehead atoms. The minimum absolute atomic E-state index is 0.124. The third kappa shape index (κ3) is 6.47. The molecule has 0 heterocycles. The van der Waals surface area contributed by atoms with E-state index >= 15 is 0 Å². The van der Waals surface area contributed by atoms with Gasteiger partial charge in [0.25, 0.3) is 11.6 Å². The lowest BCUT2D eigenvalue weighted by molar-refractivity contribution is -0.384. The van der Waals surface area contributed by atoms with Gasteiger partial charge in [-0.15, -0.1) is 0 Å². The molecule has 1 amide bonds. The highest BCUT2D eigenvalue weighted by molar-refractivity contribution is 5.91. The molecule has 0 saturated heterocycles. The minimum atomic E-state index is -0.656. The first-order chi connectivity index (χ1) is 16.0. The SMILES string of the molecule is N#Cc1ccccc1OCC(=O)N/N=C\c1ccc(OC(=O)c2ccc([N+](=O)[O-])cc2)cc1. The first kappa shape index (κ1) is 22.6. The van der Waals surface area contributed by atoms with Crippen LogP contribution in [-0.2, 0) is 4.79 Å². The Bertz CT molecular complexity index is 1230. The summed E-state index contributed by atoms with van der Waals surface area (Å²) in [6, 6.07) is 19.9. The minimum Gasteiger partial charge on any atom is -0.482 e. The van der Waals surface area contributed by atoms with E-state index < -0.39 is 16.8 Å². The summed E-state index contributed by atoms with van der Waals surface area (Å²) < 4.78 is 10.5. The highest BCUT2D eigenvalue weighted by Gasteiger charge is 2.11. The summed E-state index contributed by atoms with van der Waals surface area (Å²) in [5, 5.41) is 23.5. The number of esters is 1. The number of carbonyl (C=O) groups is 2. The van der Waals surface area contributed by atoms with Crippen LogP contribution in [0.25, 0.3) is 0 Å². The summed E-state index contributed by atoms with van der Waals surface area (Å²) in [5.41, 5.74) is 3.31. The molecular formula is C23H16N4O6. The molecule has 0 aliphatic rings. The predicted molar refractivity (Wildman–Crippen MR) is 117 cm³/mol. The van der Waals surface area contributed by atoms with Crippen LogP contribution in [0.5, 0.6) is 11.5 Å². The topological polar surface area (TPSA) is 144 Å². The Hall–Kier alpha value is -5.04. The van der Waals surface area contributed by atoms with Gasteiger partial charge in [0.2, 0.25) is 0 Å². The van der Waals surface area contributed by atoms with Crippen molar-refractivity contribution in [3.8, 4) is 17.6 Å². The van der Waals surface area contributed by atoms with Gasteiger partial charge in [0.1, 0.15) is 17.6 Å². The summed E-state index contributed by atoms with van der Waals surface area (Å²) in [7, 11) is 0. The van der Waals surface area contributed by atoms with Crippen molar-refractivity contribution in [1.82, 2.24) is 5.43 Å². The average molecular weight is 444 g/mol. The van der Waals surface area contributed by atoms with Crippen molar-refractivity contribution in [2.45, 2.75) is 0 Å². The number of ether oxygens (including phenoxy) is 2. The van der Waals surface area contributed by atoms with E-state index in [2.05, 4.69) is 10.5 Å². The largest absolute Gasteiger partial charge is 0.482 e. The van der Waals surface area contributed by atoms with Crippen LogP contribution in [0.3, 0.4) is 0 Å². The first-order valence-electron chi connectivity index (χ1n) is 9.47. The van der Waals surface area contributed by atoms with E-state index in [4.69, 9.17) is 14.7 Å². The lowest BCUT2D eigenvalue weighted by atomic mass is 10.2. The molecule has 10 heteroatoms. The van der Waals surface area contributed by atoms with Crippen molar-refractivity contribution in [3.05, 3.63) is 99.6 Å². The number of nitriles is 1. The summed E-state index contributed by atoms with van der Waals surface area (Å²) >= 11 is 0. The van der Waals surface area contributed by atoms with Crippen molar-refractivity contribution in [1.29, 1.82) is 5.26 Å². The van der Waals surface area contributed by atoms with Gasteiger partial charge in [-0.2, -0.15) is 10.4 Å². The number of nitrogens with one attached hydrogen (secondary N) is 1. The van der Waals surface area contributed by atoms with Gasteiger partial charge in [0.15, 0.2) is 6.61 Å². The number of hydrogen-bond donors (Lipinski definition) is 1. The Morgan fingerprint density at radius 1 is 1.06 bits per heavy atom. The van der Waals surface area contributed by atoms with E-state index in [-0.39, 0.29) is 23.6 Å². The van der Waals surface area contributed by atoms with Gasteiger partial charge in [0.05, 0.1) is 22.3 Å². The summed E-state index contributed by atoms with van der Waals surface area (Å²) in [6.07, 6.45) is 1.39. The number of nitro benzene ring substituents is 1. The molecule has 0 saturated carbocycles. The molecule has 0 aliphatic heterocycles. The Labute approximate surface area is 187 Å².